The third-order valence-corrected chi connectivity index (χ3v) is 4.29. The number of rotatable bonds is 8. The van der Waals surface area contributed by atoms with Crippen LogP contribution in [0.3, 0.4) is 0 Å². The number of hydrogen-bond acceptors (Lipinski definition) is 2. The van der Waals surface area contributed by atoms with Gasteiger partial charge in [-0.2, -0.15) is 0 Å². The fourth-order valence-electron chi connectivity index (χ4n) is 2.95. The maximum Gasteiger partial charge on any atom is 0.306 e. The molecule has 0 N–H and O–H groups in total. The molecule has 1 unspecified atom stereocenters. The summed E-state index contributed by atoms with van der Waals surface area (Å²) in [6, 6.07) is 8.67. The van der Waals surface area contributed by atoms with Crippen LogP contribution < -0.4 is 0 Å². The maximum atomic E-state index is 11.3. The van der Waals surface area contributed by atoms with E-state index in [2.05, 4.69) is 31.2 Å². The van der Waals surface area contributed by atoms with Crippen LogP contribution >= 0.6 is 0 Å². The molecule has 21 heavy (non-hydrogen) atoms. The Morgan fingerprint density at radius 2 is 1.76 bits per heavy atom. The number of carbonyl (C=O) groups is 1. The van der Waals surface area contributed by atoms with Gasteiger partial charge < -0.3 is 4.74 Å². The highest BCUT2D eigenvalue weighted by atomic mass is 16.5. The number of cyclic esters (lactones) is 1. The van der Waals surface area contributed by atoms with E-state index in [-0.39, 0.29) is 12.1 Å². The Labute approximate surface area is 128 Å². The molecular weight excluding hydrogens is 260 g/mol. The van der Waals surface area contributed by atoms with E-state index in [1.54, 1.807) is 0 Å². The minimum atomic E-state index is -0.0533. The van der Waals surface area contributed by atoms with Gasteiger partial charge in [-0.15, -0.1) is 0 Å². The lowest BCUT2D eigenvalue weighted by Gasteiger charge is -2.22. The third kappa shape index (κ3) is 5.53. The average Bonchev–Trinajstić information content (AvgIpc) is 2.51. The van der Waals surface area contributed by atoms with Gasteiger partial charge in [-0.3, -0.25) is 4.79 Å². The molecule has 1 fully saturated rings. The van der Waals surface area contributed by atoms with Crippen LogP contribution in [0, 0.1) is 0 Å². The van der Waals surface area contributed by atoms with Gasteiger partial charge in [0.1, 0.15) is 6.10 Å². The fraction of sp³-hybridized carbons (Fsp3) is 0.632. The molecule has 2 rings (SSSR count). The van der Waals surface area contributed by atoms with Crippen molar-refractivity contribution in [1.82, 2.24) is 0 Å². The van der Waals surface area contributed by atoms with Crippen molar-refractivity contribution in [3.8, 4) is 0 Å². The smallest absolute Gasteiger partial charge is 0.306 e. The number of hydrogen-bond donors (Lipinski definition) is 0. The van der Waals surface area contributed by atoms with Gasteiger partial charge in [0, 0.05) is 6.42 Å². The SMILES string of the molecule is CCCCCCCCc1ccc(C2CCCC(=O)O2)cc1. The molecule has 0 saturated carbocycles. The monoisotopic (exact) mass is 288 g/mol. The van der Waals surface area contributed by atoms with Crippen molar-refractivity contribution in [1.29, 1.82) is 0 Å². The average molecular weight is 288 g/mol. The standard InChI is InChI=1S/C19H28O2/c1-2-3-4-5-6-7-9-16-12-14-17(15-13-16)18-10-8-11-19(20)21-18/h12-15,18H,2-11H2,1H3. The van der Waals surface area contributed by atoms with E-state index in [0.29, 0.717) is 6.42 Å². The largest absolute Gasteiger partial charge is 0.457 e. The Hall–Kier alpha value is -1.31. The van der Waals surface area contributed by atoms with Crippen molar-refractivity contribution in [2.75, 3.05) is 0 Å². The second-order valence-corrected chi connectivity index (χ2v) is 6.13. The Kier molecular flexibility index (Phi) is 6.78. The van der Waals surface area contributed by atoms with Gasteiger partial charge in [-0.1, -0.05) is 63.3 Å². The first-order valence-electron chi connectivity index (χ1n) is 8.58. The van der Waals surface area contributed by atoms with Crippen molar-refractivity contribution in [2.45, 2.75) is 77.2 Å². The highest BCUT2D eigenvalue weighted by Gasteiger charge is 2.21. The van der Waals surface area contributed by atoms with E-state index in [0.717, 1.165) is 24.8 Å². The van der Waals surface area contributed by atoms with Crippen LogP contribution in [-0.2, 0) is 16.0 Å². The number of aryl methyl sites for hydroxylation is 1. The summed E-state index contributed by atoms with van der Waals surface area (Å²) in [6.07, 6.45) is 11.7. The van der Waals surface area contributed by atoms with Crippen molar-refractivity contribution >= 4 is 5.97 Å². The molecule has 0 aliphatic carbocycles. The number of ether oxygens (including phenoxy) is 1. The molecule has 2 nitrogen and oxygen atoms in total. The molecule has 116 valence electrons. The number of unbranched alkanes of at least 4 members (excludes halogenated alkanes) is 5. The summed E-state index contributed by atoms with van der Waals surface area (Å²) in [4.78, 5) is 11.3. The molecule has 1 aromatic carbocycles. The Morgan fingerprint density at radius 3 is 2.48 bits per heavy atom. The second-order valence-electron chi connectivity index (χ2n) is 6.13. The van der Waals surface area contributed by atoms with E-state index < -0.39 is 0 Å². The van der Waals surface area contributed by atoms with E-state index >= 15 is 0 Å². The summed E-state index contributed by atoms with van der Waals surface area (Å²) in [5.74, 6) is -0.0533. The fourth-order valence-corrected chi connectivity index (χ4v) is 2.95. The number of esters is 1. The van der Waals surface area contributed by atoms with Gasteiger partial charge in [0.25, 0.3) is 0 Å². The second kappa shape index (κ2) is 8.86. The van der Waals surface area contributed by atoms with Gasteiger partial charge in [0.2, 0.25) is 0 Å². The summed E-state index contributed by atoms with van der Waals surface area (Å²) in [6.45, 7) is 2.26. The zero-order chi connectivity index (χ0) is 14.9. The van der Waals surface area contributed by atoms with Crippen LogP contribution in [0.15, 0.2) is 24.3 Å². The normalized spacial score (nSPS) is 18.5. The molecule has 1 heterocycles. The van der Waals surface area contributed by atoms with Crippen LogP contribution in [0.1, 0.15) is 81.9 Å². The number of carbonyl (C=O) groups excluding carboxylic acids is 1. The van der Waals surface area contributed by atoms with Gasteiger partial charge in [0.05, 0.1) is 0 Å². The molecule has 1 aromatic rings. The van der Waals surface area contributed by atoms with Crippen molar-refractivity contribution in [3.63, 3.8) is 0 Å². The highest BCUT2D eigenvalue weighted by Crippen LogP contribution is 2.28. The molecular formula is C19H28O2. The highest BCUT2D eigenvalue weighted by molar-refractivity contribution is 5.70. The molecule has 1 atom stereocenters. The molecule has 2 heteroatoms. The Morgan fingerprint density at radius 1 is 1.05 bits per heavy atom. The topological polar surface area (TPSA) is 26.3 Å². The predicted molar refractivity (Wildman–Crippen MR) is 86.2 cm³/mol. The lowest BCUT2D eigenvalue weighted by atomic mass is 9.98. The van der Waals surface area contributed by atoms with Crippen molar-refractivity contribution < 1.29 is 9.53 Å². The molecule has 0 aromatic heterocycles. The quantitative estimate of drug-likeness (QED) is 0.475. The summed E-state index contributed by atoms with van der Waals surface area (Å²) in [5, 5.41) is 0. The van der Waals surface area contributed by atoms with Crippen molar-refractivity contribution in [3.05, 3.63) is 35.4 Å². The van der Waals surface area contributed by atoms with Gasteiger partial charge in [-0.25, -0.2) is 0 Å². The molecule has 0 bridgehead atoms. The van der Waals surface area contributed by atoms with E-state index in [4.69, 9.17) is 4.74 Å². The summed E-state index contributed by atoms with van der Waals surface area (Å²) in [7, 11) is 0. The van der Waals surface area contributed by atoms with Crippen LogP contribution in [0.2, 0.25) is 0 Å². The minimum absolute atomic E-state index is 0.0191. The first-order chi connectivity index (χ1) is 10.3. The van der Waals surface area contributed by atoms with E-state index in [1.807, 2.05) is 0 Å². The molecule has 0 radical (unpaired) electrons. The Balaban J connectivity index is 1.72. The number of benzene rings is 1. The first-order valence-corrected chi connectivity index (χ1v) is 8.58. The molecule has 1 saturated heterocycles. The lowest BCUT2D eigenvalue weighted by Crippen LogP contribution is -2.16. The lowest BCUT2D eigenvalue weighted by molar-refractivity contribution is -0.154. The summed E-state index contributed by atoms with van der Waals surface area (Å²) < 4.78 is 5.41. The predicted octanol–water partition coefficient (Wildman–Crippen LogP) is 5.36. The maximum absolute atomic E-state index is 11.3. The molecule has 0 amide bonds. The van der Waals surface area contributed by atoms with Crippen LogP contribution in [0.4, 0.5) is 0 Å². The van der Waals surface area contributed by atoms with E-state index in [9.17, 15) is 4.79 Å². The molecule has 0 spiro atoms. The van der Waals surface area contributed by atoms with Gasteiger partial charge >= 0.3 is 5.97 Å². The Bertz CT molecular complexity index is 422. The van der Waals surface area contributed by atoms with Gasteiger partial charge in [-0.05, 0) is 36.8 Å². The van der Waals surface area contributed by atoms with Crippen LogP contribution in [-0.4, -0.2) is 5.97 Å². The summed E-state index contributed by atoms with van der Waals surface area (Å²) in [5.41, 5.74) is 2.55. The minimum Gasteiger partial charge on any atom is -0.457 e. The zero-order valence-corrected chi connectivity index (χ0v) is 13.3. The summed E-state index contributed by atoms with van der Waals surface area (Å²) >= 11 is 0. The van der Waals surface area contributed by atoms with Crippen LogP contribution in [0.25, 0.3) is 0 Å². The van der Waals surface area contributed by atoms with Gasteiger partial charge in [0.15, 0.2) is 0 Å². The first kappa shape index (κ1) is 16.1. The molecule has 1 aliphatic heterocycles. The van der Waals surface area contributed by atoms with Crippen molar-refractivity contribution in [2.24, 2.45) is 0 Å². The van der Waals surface area contributed by atoms with Crippen LogP contribution in [0.5, 0.6) is 0 Å². The zero-order valence-electron chi connectivity index (χ0n) is 13.3. The molecule has 1 aliphatic rings. The van der Waals surface area contributed by atoms with E-state index in [1.165, 1.54) is 44.1 Å². The third-order valence-electron chi connectivity index (χ3n) is 4.29.